The second kappa shape index (κ2) is 2.50. The van der Waals surface area contributed by atoms with E-state index in [1.54, 1.807) is 11.7 Å². The van der Waals surface area contributed by atoms with Crippen LogP contribution in [0.1, 0.15) is 6.92 Å². The van der Waals surface area contributed by atoms with Gasteiger partial charge in [-0.1, -0.05) is 11.6 Å². The van der Waals surface area contributed by atoms with Crippen molar-refractivity contribution in [2.24, 2.45) is 7.05 Å². The van der Waals surface area contributed by atoms with Gasteiger partial charge in [0.25, 0.3) is 5.56 Å². The molecule has 10 heavy (non-hydrogen) atoms. The minimum Gasteiger partial charge on any atom is -0.272 e. The predicted molar refractivity (Wildman–Crippen MR) is 40.4 cm³/mol. The molecule has 1 aromatic rings. The number of aromatic nitrogens is 2. The summed E-state index contributed by atoms with van der Waals surface area (Å²) in [4.78, 5) is 10.9. The summed E-state index contributed by atoms with van der Waals surface area (Å²) in [6.45, 7) is 2.66. The van der Waals surface area contributed by atoms with E-state index in [0.717, 1.165) is 6.54 Å². The van der Waals surface area contributed by atoms with Crippen LogP contribution in [0.25, 0.3) is 0 Å². The molecule has 0 aliphatic heterocycles. The second-order valence-electron chi connectivity index (χ2n) is 2.04. The van der Waals surface area contributed by atoms with Crippen molar-refractivity contribution in [2.45, 2.75) is 13.5 Å². The highest BCUT2D eigenvalue weighted by molar-refractivity contribution is 6.29. The zero-order chi connectivity index (χ0) is 7.72. The van der Waals surface area contributed by atoms with Crippen molar-refractivity contribution < 1.29 is 0 Å². The fraction of sp³-hybridized carbons (Fsp3) is 0.500. The first-order chi connectivity index (χ1) is 4.66. The van der Waals surface area contributed by atoms with Gasteiger partial charge in [-0.25, -0.2) is 0 Å². The van der Waals surface area contributed by atoms with E-state index in [-0.39, 0.29) is 5.56 Å². The summed E-state index contributed by atoms with van der Waals surface area (Å²) in [5, 5.41) is 0.495. The van der Waals surface area contributed by atoms with Crippen LogP contribution in [0.2, 0.25) is 5.15 Å². The Bertz CT molecular complexity index is 286. The lowest BCUT2D eigenvalue weighted by Gasteiger charge is -2.03. The van der Waals surface area contributed by atoms with Gasteiger partial charge < -0.3 is 0 Å². The van der Waals surface area contributed by atoms with Gasteiger partial charge in [-0.3, -0.25) is 14.2 Å². The Balaban J connectivity index is 3.34. The first-order valence-corrected chi connectivity index (χ1v) is 3.47. The maximum Gasteiger partial charge on any atom is 0.267 e. The molecule has 0 saturated heterocycles. The topological polar surface area (TPSA) is 26.9 Å². The number of rotatable bonds is 1. The van der Waals surface area contributed by atoms with E-state index < -0.39 is 0 Å². The first-order valence-electron chi connectivity index (χ1n) is 3.09. The van der Waals surface area contributed by atoms with Gasteiger partial charge in [0.2, 0.25) is 0 Å². The Hall–Kier alpha value is -0.700. The highest BCUT2D eigenvalue weighted by Gasteiger charge is 2.01. The smallest absolute Gasteiger partial charge is 0.267 e. The Labute approximate surface area is 63.8 Å². The Morgan fingerprint density at radius 3 is 2.50 bits per heavy atom. The van der Waals surface area contributed by atoms with E-state index in [2.05, 4.69) is 0 Å². The molecule has 0 amide bonds. The van der Waals surface area contributed by atoms with E-state index in [1.165, 1.54) is 10.7 Å². The lowest BCUT2D eigenvalue weighted by molar-refractivity contribution is 0.523. The molecule has 0 bridgehead atoms. The molecule has 1 heterocycles. The third-order valence-electron chi connectivity index (χ3n) is 1.47. The summed E-state index contributed by atoms with van der Waals surface area (Å²) in [5.74, 6) is 0. The highest BCUT2D eigenvalue weighted by Crippen LogP contribution is 2.03. The summed E-state index contributed by atoms with van der Waals surface area (Å²) in [6, 6.07) is 1.41. The van der Waals surface area contributed by atoms with Crippen LogP contribution in [0.3, 0.4) is 0 Å². The summed E-state index contributed by atoms with van der Waals surface area (Å²) in [7, 11) is 1.69. The second-order valence-corrected chi connectivity index (χ2v) is 2.43. The van der Waals surface area contributed by atoms with Crippen LogP contribution in [0.4, 0.5) is 0 Å². The molecule has 0 aliphatic rings. The van der Waals surface area contributed by atoms with Crippen molar-refractivity contribution in [3.8, 4) is 0 Å². The molecule has 0 saturated carbocycles. The molecule has 0 radical (unpaired) electrons. The van der Waals surface area contributed by atoms with Crippen LogP contribution in [0.15, 0.2) is 10.9 Å². The van der Waals surface area contributed by atoms with Crippen LogP contribution in [0.5, 0.6) is 0 Å². The molecular formula is C6H9ClN2O. The highest BCUT2D eigenvalue weighted by atomic mass is 35.5. The Morgan fingerprint density at radius 1 is 1.70 bits per heavy atom. The lowest BCUT2D eigenvalue weighted by Crippen LogP contribution is -2.18. The normalized spacial score (nSPS) is 10.3. The fourth-order valence-electron chi connectivity index (χ4n) is 0.895. The van der Waals surface area contributed by atoms with E-state index in [0.29, 0.717) is 5.15 Å². The van der Waals surface area contributed by atoms with E-state index in [9.17, 15) is 4.79 Å². The average molecular weight is 161 g/mol. The van der Waals surface area contributed by atoms with E-state index in [1.807, 2.05) is 6.92 Å². The van der Waals surface area contributed by atoms with Gasteiger partial charge >= 0.3 is 0 Å². The van der Waals surface area contributed by atoms with Gasteiger partial charge in [0.15, 0.2) is 0 Å². The molecular weight excluding hydrogens is 152 g/mol. The molecule has 0 aliphatic carbocycles. The minimum atomic E-state index is -0.0631. The average Bonchev–Trinajstić information content (AvgIpc) is 2.09. The van der Waals surface area contributed by atoms with Gasteiger partial charge in [0.1, 0.15) is 5.15 Å². The Kier molecular flexibility index (Phi) is 1.85. The van der Waals surface area contributed by atoms with Crippen LogP contribution in [-0.4, -0.2) is 9.36 Å². The molecule has 1 aromatic heterocycles. The monoisotopic (exact) mass is 160 g/mol. The molecule has 1 rings (SSSR count). The van der Waals surface area contributed by atoms with Gasteiger partial charge in [-0.05, 0) is 6.92 Å². The number of nitrogens with zero attached hydrogens (tertiary/aromatic N) is 2. The maximum atomic E-state index is 10.9. The third-order valence-corrected chi connectivity index (χ3v) is 1.77. The molecule has 0 aromatic carbocycles. The number of hydrogen-bond acceptors (Lipinski definition) is 1. The molecule has 0 atom stereocenters. The summed E-state index contributed by atoms with van der Waals surface area (Å²) in [6.07, 6.45) is 0. The maximum absolute atomic E-state index is 10.9. The van der Waals surface area contributed by atoms with Gasteiger partial charge in [-0.15, -0.1) is 0 Å². The summed E-state index contributed by atoms with van der Waals surface area (Å²) < 4.78 is 3.19. The number of halogens is 1. The molecule has 56 valence electrons. The zero-order valence-electron chi connectivity index (χ0n) is 5.97. The molecule has 0 N–H and O–H groups in total. The molecule has 0 spiro atoms. The van der Waals surface area contributed by atoms with E-state index in [4.69, 9.17) is 11.6 Å². The van der Waals surface area contributed by atoms with Crippen molar-refractivity contribution in [1.82, 2.24) is 9.36 Å². The summed E-state index contributed by atoms with van der Waals surface area (Å²) >= 11 is 5.69. The third kappa shape index (κ3) is 0.968. The van der Waals surface area contributed by atoms with Crippen molar-refractivity contribution in [2.75, 3.05) is 0 Å². The van der Waals surface area contributed by atoms with Gasteiger partial charge in [0.05, 0.1) is 0 Å². The molecule has 0 fully saturated rings. The van der Waals surface area contributed by atoms with Crippen molar-refractivity contribution in [3.63, 3.8) is 0 Å². The zero-order valence-corrected chi connectivity index (χ0v) is 6.72. The minimum absolute atomic E-state index is 0.0631. The van der Waals surface area contributed by atoms with E-state index >= 15 is 0 Å². The number of hydrogen-bond donors (Lipinski definition) is 0. The van der Waals surface area contributed by atoms with Gasteiger partial charge in [-0.2, -0.15) is 0 Å². The fourth-order valence-corrected chi connectivity index (χ4v) is 1.22. The van der Waals surface area contributed by atoms with Crippen molar-refractivity contribution in [3.05, 3.63) is 21.6 Å². The predicted octanol–water partition coefficient (Wildman–Crippen LogP) is 0.860. The van der Waals surface area contributed by atoms with Crippen LogP contribution in [-0.2, 0) is 13.6 Å². The molecule has 0 unspecified atom stereocenters. The van der Waals surface area contributed by atoms with Crippen LogP contribution < -0.4 is 5.56 Å². The first kappa shape index (κ1) is 7.41. The summed E-state index contributed by atoms with van der Waals surface area (Å²) in [5.41, 5.74) is -0.0631. The quantitative estimate of drug-likeness (QED) is 0.599. The molecule has 4 heteroatoms. The van der Waals surface area contributed by atoms with Crippen molar-refractivity contribution >= 4 is 11.6 Å². The van der Waals surface area contributed by atoms with Crippen LogP contribution >= 0.6 is 11.6 Å². The lowest BCUT2D eigenvalue weighted by atomic mass is 10.7. The van der Waals surface area contributed by atoms with Crippen LogP contribution in [0, 0.1) is 0 Å². The standard InChI is InChI=1S/C6H9ClN2O/c1-3-9-5(7)4-6(10)8(9)2/h4H,3H2,1-2H3. The van der Waals surface area contributed by atoms with Crippen molar-refractivity contribution in [1.29, 1.82) is 0 Å². The largest absolute Gasteiger partial charge is 0.272 e. The Morgan fingerprint density at radius 2 is 2.30 bits per heavy atom. The molecule has 3 nitrogen and oxygen atoms in total. The SMILES string of the molecule is CCn1c(Cl)cc(=O)n1C. The van der Waals surface area contributed by atoms with Gasteiger partial charge in [0, 0.05) is 19.7 Å².